The van der Waals surface area contributed by atoms with Gasteiger partial charge < -0.3 is 4.98 Å². The molecule has 1 aromatic rings. The van der Waals surface area contributed by atoms with E-state index in [0.717, 1.165) is 0 Å². The summed E-state index contributed by atoms with van der Waals surface area (Å²) in [5.74, 6) is 0. The SMILES string of the molecule is [BH4-].[Na+].c1c[nH]cn1. The molecule has 1 heterocycles. The zero-order valence-corrected chi connectivity index (χ0v) is 5.68. The van der Waals surface area contributed by atoms with Gasteiger partial charge in [0.25, 0.3) is 0 Å². The molecule has 0 amide bonds. The smallest absolute Gasteiger partial charge is 0.351 e. The van der Waals surface area contributed by atoms with E-state index in [2.05, 4.69) is 9.97 Å². The van der Waals surface area contributed by atoms with E-state index >= 15 is 0 Å². The van der Waals surface area contributed by atoms with Gasteiger partial charge in [0.05, 0.1) is 6.33 Å². The van der Waals surface area contributed by atoms with E-state index in [9.17, 15) is 0 Å². The Morgan fingerprint density at radius 2 is 2.14 bits per heavy atom. The van der Waals surface area contributed by atoms with Crippen LogP contribution < -0.4 is 29.6 Å². The zero-order valence-electron chi connectivity index (χ0n) is 3.68. The van der Waals surface area contributed by atoms with E-state index in [4.69, 9.17) is 0 Å². The topological polar surface area (TPSA) is 28.7 Å². The number of nitrogens with zero attached hydrogens (tertiary/aromatic N) is 1. The molecule has 0 aromatic carbocycles. The van der Waals surface area contributed by atoms with Crippen molar-refractivity contribution in [3.63, 3.8) is 0 Å². The van der Waals surface area contributed by atoms with Crippen molar-refractivity contribution in [1.29, 1.82) is 0 Å². The van der Waals surface area contributed by atoms with Gasteiger partial charge in [-0.15, -0.1) is 0 Å². The summed E-state index contributed by atoms with van der Waals surface area (Å²) in [5.41, 5.74) is 0. The number of rotatable bonds is 0. The molecule has 4 heteroatoms. The van der Waals surface area contributed by atoms with E-state index in [1.807, 2.05) is 0 Å². The molecule has 7 heavy (non-hydrogen) atoms. The molecule has 1 aromatic heterocycles. The first-order valence-corrected chi connectivity index (χ1v) is 1.43. The summed E-state index contributed by atoms with van der Waals surface area (Å²) in [6.45, 7) is 0. The van der Waals surface area contributed by atoms with Crippen molar-refractivity contribution in [3.8, 4) is 0 Å². The predicted octanol–water partition coefficient (Wildman–Crippen LogP) is -4.04. The Balaban J connectivity index is 0. The van der Waals surface area contributed by atoms with Gasteiger partial charge in [0.15, 0.2) is 0 Å². The van der Waals surface area contributed by atoms with E-state index in [1.54, 1.807) is 18.7 Å². The van der Waals surface area contributed by atoms with E-state index < -0.39 is 0 Å². The summed E-state index contributed by atoms with van der Waals surface area (Å²) in [7, 11) is 0. The van der Waals surface area contributed by atoms with Crippen molar-refractivity contribution in [2.45, 2.75) is 0 Å². The number of hydrogen-bond acceptors (Lipinski definition) is 1. The van der Waals surface area contributed by atoms with Crippen molar-refractivity contribution in [2.75, 3.05) is 0 Å². The molecule has 0 bridgehead atoms. The van der Waals surface area contributed by atoms with Gasteiger partial charge in [-0.2, -0.15) is 0 Å². The minimum Gasteiger partial charge on any atom is -0.351 e. The summed E-state index contributed by atoms with van der Waals surface area (Å²) < 4.78 is 0. The third-order valence-electron chi connectivity index (χ3n) is 0.406. The maximum atomic E-state index is 3.67. The average molecular weight is 106 g/mol. The molecular weight excluding hydrogens is 97.8 g/mol. The Kier molecular flexibility index (Phi) is 9.23. The van der Waals surface area contributed by atoms with Crippen LogP contribution in [0.2, 0.25) is 0 Å². The average Bonchev–Trinajstić information content (AvgIpc) is 1.76. The van der Waals surface area contributed by atoms with Crippen LogP contribution in [-0.4, -0.2) is 18.4 Å². The van der Waals surface area contributed by atoms with Crippen LogP contribution in [0.1, 0.15) is 0 Å². The molecule has 1 N–H and O–H groups in total. The molecule has 0 aliphatic rings. The summed E-state index contributed by atoms with van der Waals surface area (Å²) in [6, 6.07) is 0. The largest absolute Gasteiger partial charge is 1.00 e. The maximum absolute atomic E-state index is 3.67. The van der Waals surface area contributed by atoms with Crippen LogP contribution >= 0.6 is 0 Å². The summed E-state index contributed by atoms with van der Waals surface area (Å²) in [4.78, 5) is 6.42. The molecule has 0 aliphatic carbocycles. The number of hydrogen-bond donors (Lipinski definition) is 1. The molecule has 0 saturated carbocycles. The molecule has 0 unspecified atom stereocenters. The number of aromatic nitrogens is 2. The first-order chi connectivity index (χ1) is 2.50. The van der Waals surface area contributed by atoms with Crippen LogP contribution in [0.25, 0.3) is 0 Å². The van der Waals surface area contributed by atoms with Gasteiger partial charge in [-0.3, -0.25) is 0 Å². The van der Waals surface area contributed by atoms with Gasteiger partial charge >= 0.3 is 29.6 Å². The number of imidazole rings is 1. The van der Waals surface area contributed by atoms with E-state index in [0.29, 0.717) is 0 Å². The van der Waals surface area contributed by atoms with Crippen molar-refractivity contribution >= 4 is 8.41 Å². The molecule has 0 atom stereocenters. The van der Waals surface area contributed by atoms with Gasteiger partial charge in [0, 0.05) is 12.4 Å². The molecule has 0 fully saturated rings. The fourth-order valence-electron chi connectivity index (χ4n) is 0.215. The Morgan fingerprint density at radius 3 is 2.29 bits per heavy atom. The molecule has 0 spiro atoms. The van der Waals surface area contributed by atoms with Crippen LogP contribution in [0, 0.1) is 0 Å². The number of H-pyrrole nitrogens is 1. The van der Waals surface area contributed by atoms with Crippen molar-refractivity contribution in [2.24, 2.45) is 0 Å². The molecular formula is C3H8BN2Na. The van der Waals surface area contributed by atoms with Crippen molar-refractivity contribution in [1.82, 2.24) is 9.97 Å². The molecule has 34 valence electrons. The molecule has 0 saturated heterocycles. The first kappa shape index (κ1) is 10.3. The summed E-state index contributed by atoms with van der Waals surface area (Å²) in [5, 5.41) is 0. The van der Waals surface area contributed by atoms with Crippen LogP contribution in [0.15, 0.2) is 18.7 Å². The Hall–Kier alpha value is 0.275. The minimum absolute atomic E-state index is 0. The second kappa shape index (κ2) is 6.27. The van der Waals surface area contributed by atoms with Gasteiger partial charge in [0.1, 0.15) is 0 Å². The maximum Gasteiger partial charge on any atom is 1.00 e. The first-order valence-electron chi connectivity index (χ1n) is 1.43. The van der Waals surface area contributed by atoms with Crippen LogP contribution in [-0.2, 0) is 0 Å². The Bertz CT molecular complexity index is 69.4. The quantitative estimate of drug-likeness (QED) is 0.335. The summed E-state index contributed by atoms with van der Waals surface area (Å²) >= 11 is 0. The van der Waals surface area contributed by atoms with Gasteiger partial charge in [-0.1, -0.05) is 8.41 Å². The minimum atomic E-state index is 0. The number of aromatic amines is 1. The molecule has 0 aliphatic heterocycles. The zero-order chi connectivity index (χ0) is 3.54. The monoisotopic (exact) mass is 106 g/mol. The second-order valence-electron chi connectivity index (χ2n) is 0.761. The van der Waals surface area contributed by atoms with Crippen LogP contribution in [0.3, 0.4) is 0 Å². The second-order valence-corrected chi connectivity index (χ2v) is 0.761. The molecule has 1 rings (SSSR count). The van der Waals surface area contributed by atoms with E-state index in [1.165, 1.54) is 0 Å². The van der Waals surface area contributed by atoms with Crippen LogP contribution in [0.5, 0.6) is 0 Å². The predicted molar refractivity (Wildman–Crippen MR) is 29.9 cm³/mol. The Labute approximate surface area is 66.6 Å². The van der Waals surface area contributed by atoms with E-state index in [-0.39, 0.29) is 38.0 Å². The van der Waals surface area contributed by atoms with Gasteiger partial charge in [0.2, 0.25) is 0 Å². The van der Waals surface area contributed by atoms with Crippen molar-refractivity contribution < 1.29 is 29.6 Å². The Morgan fingerprint density at radius 1 is 1.43 bits per heavy atom. The fraction of sp³-hybridized carbons (Fsp3) is 0. The van der Waals surface area contributed by atoms with Crippen molar-refractivity contribution in [3.05, 3.63) is 18.7 Å². The molecule has 0 radical (unpaired) electrons. The summed E-state index contributed by atoms with van der Waals surface area (Å²) in [6.07, 6.45) is 5.08. The molecule has 2 nitrogen and oxygen atoms in total. The normalized spacial score (nSPS) is 5.71. The standard InChI is InChI=1S/C3H4N2.BH4.Na/c1-2-5-3-4-1;;/h1-3H,(H,4,5);1H4;/q;-1;+1. The fourth-order valence-corrected chi connectivity index (χ4v) is 0.215. The van der Waals surface area contributed by atoms with Gasteiger partial charge in [-0.05, 0) is 0 Å². The number of nitrogens with one attached hydrogen (secondary N) is 1. The van der Waals surface area contributed by atoms with Gasteiger partial charge in [-0.25, -0.2) is 4.98 Å². The van der Waals surface area contributed by atoms with Crippen LogP contribution in [0.4, 0.5) is 0 Å². The third kappa shape index (κ3) is 4.12. The third-order valence-corrected chi connectivity index (χ3v) is 0.406.